The van der Waals surface area contributed by atoms with Gasteiger partial charge in [0, 0.05) is 21.5 Å². The molecule has 3 rings (SSSR count). The molecule has 8 heteroatoms. The number of aryl methyl sites for hydroxylation is 2. The van der Waals surface area contributed by atoms with E-state index in [4.69, 9.17) is 26.4 Å². The second-order valence-electron chi connectivity index (χ2n) is 6.15. The van der Waals surface area contributed by atoms with Crippen molar-refractivity contribution in [1.29, 1.82) is 0 Å². The molecule has 1 amide bonds. The van der Waals surface area contributed by atoms with Gasteiger partial charge in [0.15, 0.2) is 0 Å². The Labute approximate surface area is 162 Å². The summed E-state index contributed by atoms with van der Waals surface area (Å²) in [7, 11) is -2.60. The first kappa shape index (κ1) is 19.5. The van der Waals surface area contributed by atoms with Crippen LogP contribution >= 0.6 is 19.9 Å². The molecule has 0 saturated heterocycles. The highest BCUT2D eigenvalue weighted by Crippen LogP contribution is 2.40. The number of aromatic amines is 1. The average Bonchev–Trinajstić information content (AvgIpc) is 2.93. The Balaban J connectivity index is 2.19. The first-order valence-electron chi connectivity index (χ1n) is 8.39. The average molecular weight is 407 g/mol. The van der Waals surface area contributed by atoms with Crippen molar-refractivity contribution in [2.45, 2.75) is 20.8 Å². The van der Waals surface area contributed by atoms with Gasteiger partial charge in [0.2, 0.25) is 0 Å². The fourth-order valence-electron chi connectivity index (χ4n) is 3.23. The van der Waals surface area contributed by atoms with Crippen molar-refractivity contribution in [3.63, 3.8) is 0 Å². The van der Waals surface area contributed by atoms with Gasteiger partial charge in [-0.2, -0.15) is 0 Å². The maximum Gasteiger partial charge on any atom is 0.367 e. The van der Waals surface area contributed by atoms with Crippen molar-refractivity contribution >= 4 is 36.7 Å². The van der Waals surface area contributed by atoms with Crippen molar-refractivity contribution in [2.75, 3.05) is 6.61 Å². The molecule has 2 aromatic carbocycles. The predicted molar refractivity (Wildman–Crippen MR) is 108 cm³/mol. The van der Waals surface area contributed by atoms with E-state index in [2.05, 4.69) is 4.98 Å². The molecule has 27 heavy (non-hydrogen) atoms. The Morgan fingerprint density at radius 2 is 1.85 bits per heavy atom. The topological polar surface area (TPSA) is 94.4 Å². The lowest BCUT2D eigenvalue weighted by Crippen LogP contribution is -2.13. The van der Waals surface area contributed by atoms with E-state index in [-0.39, 0.29) is 0 Å². The Bertz CT molecular complexity index is 1040. The molecule has 1 heterocycles. The molecular formula is C19H20ClN2O4P. The van der Waals surface area contributed by atoms with Gasteiger partial charge in [-0.25, -0.2) is 4.57 Å². The van der Waals surface area contributed by atoms with Gasteiger partial charge in [-0.15, -0.1) is 0 Å². The maximum absolute atomic E-state index is 12.0. The fraction of sp³-hybridized carbons (Fsp3) is 0.211. The number of benzene rings is 2. The molecule has 142 valence electrons. The first-order valence-corrected chi connectivity index (χ1v) is 9.99. The summed E-state index contributed by atoms with van der Waals surface area (Å²) >= 11 is 6.16. The highest BCUT2D eigenvalue weighted by molar-refractivity contribution is 7.33. The van der Waals surface area contributed by atoms with Gasteiger partial charge in [0.1, 0.15) is 11.4 Å². The van der Waals surface area contributed by atoms with Crippen molar-refractivity contribution in [1.82, 2.24) is 4.98 Å². The zero-order chi connectivity index (χ0) is 19.7. The molecule has 0 aliphatic carbocycles. The molecule has 1 unspecified atom stereocenters. The quantitative estimate of drug-likeness (QED) is 0.562. The summed E-state index contributed by atoms with van der Waals surface area (Å²) in [5.41, 5.74) is 9.92. The Kier molecular flexibility index (Phi) is 5.61. The maximum atomic E-state index is 12.0. The largest absolute Gasteiger partial charge is 0.426 e. The molecule has 3 N–H and O–H groups in total. The van der Waals surface area contributed by atoms with Crippen LogP contribution in [0, 0.1) is 13.8 Å². The molecule has 0 bridgehead atoms. The number of rotatable bonds is 6. The second-order valence-corrected chi connectivity index (χ2v) is 7.58. The van der Waals surface area contributed by atoms with Crippen molar-refractivity contribution in [3.8, 4) is 16.9 Å². The summed E-state index contributed by atoms with van der Waals surface area (Å²) in [6, 6.07) is 8.88. The van der Waals surface area contributed by atoms with Gasteiger partial charge in [-0.3, -0.25) is 4.79 Å². The lowest BCUT2D eigenvalue weighted by molar-refractivity contribution is 0.0997. The molecule has 0 aliphatic heterocycles. The number of amides is 1. The van der Waals surface area contributed by atoms with E-state index in [0.717, 1.165) is 27.6 Å². The lowest BCUT2D eigenvalue weighted by Gasteiger charge is -2.14. The predicted octanol–water partition coefficient (Wildman–Crippen LogP) is 5.01. The fourth-order valence-corrected chi connectivity index (χ4v) is 4.01. The summed E-state index contributed by atoms with van der Waals surface area (Å²) in [6.07, 6.45) is 0. The number of aromatic nitrogens is 1. The number of H-pyrrole nitrogens is 1. The smallest absolute Gasteiger partial charge is 0.367 e. The SMILES string of the molecule is CCO[PH](=O)Oc1cc(C)c(-c2c(C(N)=O)[nH]c3ccc(Cl)cc23)c(C)c1. The Morgan fingerprint density at radius 3 is 2.44 bits per heavy atom. The van der Waals surface area contributed by atoms with E-state index >= 15 is 0 Å². The third-order valence-corrected chi connectivity index (χ3v) is 5.39. The van der Waals surface area contributed by atoms with E-state index in [9.17, 15) is 9.36 Å². The zero-order valence-corrected chi connectivity index (χ0v) is 16.9. The molecule has 0 spiro atoms. The Hall–Kier alpha value is -2.27. The molecule has 0 aliphatic rings. The second kappa shape index (κ2) is 7.77. The molecule has 0 radical (unpaired) electrons. The summed E-state index contributed by atoms with van der Waals surface area (Å²) in [5, 5.41) is 1.36. The van der Waals surface area contributed by atoms with Crippen LogP contribution < -0.4 is 10.3 Å². The number of hydrogen-bond donors (Lipinski definition) is 2. The van der Waals surface area contributed by atoms with Crippen LogP contribution in [0.15, 0.2) is 30.3 Å². The van der Waals surface area contributed by atoms with E-state index < -0.39 is 14.2 Å². The van der Waals surface area contributed by atoms with Gasteiger partial charge in [0.25, 0.3) is 5.91 Å². The van der Waals surface area contributed by atoms with Gasteiger partial charge in [-0.05, 0) is 67.8 Å². The highest BCUT2D eigenvalue weighted by Gasteiger charge is 2.21. The Morgan fingerprint density at radius 1 is 1.19 bits per heavy atom. The minimum Gasteiger partial charge on any atom is -0.426 e. The number of carbonyl (C=O) groups excluding carboxylic acids is 1. The molecule has 1 aromatic heterocycles. The van der Waals surface area contributed by atoms with Crippen LogP contribution in [0.3, 0.4) is 0 Å². The monoisotopic (exact) mass is 406 g/mol. The lowest BCUT2D eigenvalue weighted by atomic mass is 9.93. The normalized spacial score (nSPS) is 12.3. The number of primary amides is 1. The molecular weight excluding hydrogens is 387 g/mol. The van der Waals surface area contributed by atoms with E-state index in [1.54, 1.807) is 31.2 Å². The van der Waals surface area contributed by atoms with Crippen molar-refractivity contribution in [3.05, 3.63) is 52.2 Å². The van der Waals surface area contributed by atoms with E-state index in [1.165, 1.54) is 0 Å². The molecule has 1 atom stereocenters. The minimum absolute atomic E-state index is 0.311. The van der Waals surface area contributed by atoms with E-state index in [1.807, 2.05) is 19.9 Å². The minimum atomic E-state index is -2.60. The van der Waals surface area contributed by atoms with Gasteiger partial charge in [-0.1, -0.05) is 11.6 Å². The standard InChI is InChI=1S/C19H20ClN2O4P/c1-4-25-27(24)26-13-7-10(2)16(11(3)8-13)17-14-9-12(20)5-6-15(14)22-18(17)19(21)23/h5-9,22,27H,4H2,1-3H3,(H2,21,23). The number of nitrogens with two attached hydrogens (primary N) is 1. The molecule has 6 nitrogen and oxygen atoms in total. The van der Waals surface area contributed by atoms with Crippen LogP contribution in [0.1, 0.15) is 28.5 Å². The van der Waals surface area contributed by atoms with Crippen LogP contribution in [-0.4, -0.2) is 17.5 Å². The third kappa shape index (κ3) is 3.88. The van der Waals surface area contributed by atoms with E-state index in [0.29, 0.717) is 28.6 Å². The number of hydrogen-bond acceptors (Lipinski definition) is 4. The molecule has 0 saturated carbocycles. The first-order chi connectivity index (χ1) is 12.8. The van der Waals surface area contributed by atoms with Crippen LogP contribution in [0.4, 0.5) is 0 Å². The summed E-state index contributed by atoms with van der Waals surface area (Å²) in [4.78, 5) is 15.1. The molecule has 3 aromatic rings. The van der Waals surface area contributed by atoms with Crippen molar-refractivity contribution < 1.29 is 18.4 Å². The number of carbonyl (C=O) groups is 1. The highest BCUT2D eigenvalue weighted by atomic mass is 35.5. The van der Waals surface area contributed by atoms with Crippen LogP contribution in [-0.2, 0) is 9.09 Å². The van der Waals surface area contributed by atoms with Crippen LogP contribution in [0.2, 0.25) is 5.02 Å². The summed E-state index contributed by atoms with van der Waals surface area (Å²) in [6.45, 7) is 5.84. The third-order valence-electron chi connectivity index (χ3n) is 4.23. The summed E-state index contributed by atoms with van der Waals surface area (Å²) in [5.74, 6) is -0.109. The van der Waals surface area contributed by atoms with Gasteiger partial charge in [0.05, 0.1) is 6.61 Å². The van der Waals surface area contributed by atoms with Gasteiger partial charge >= 0.3 is 8.25 Å². The van der Waals surface area contributed by atoms with Crippen LogP contribution in [0.5, 0.6) is 5.75 Å². The van der Waals surface area contributed by atoms with Gasteiger partial charge < -0.3 is 19.8 Å². The number of fused-ring (bicyclic) bond motifs is 1. The van der Waals surface area contributed by atoms with Crippen LogP contribution in [0.25, 0.3) is 22.0 Å². The zero-order valence-electron chi connectivity index (χ0n) is 15.2. The molecule has 0 fully saturated rings. The number of halogens is 1. The number of nitrogens with one attached hydrogen (secondary N) is 1. The van der Waals surface area contributed by atoms with Crippen molar-refractivity contribution in [2.24, 2.45) is 5.73 Å². The summed E-state index contributed by atoms with van der Waals surface area (Å²) < 4.78 is 22.1.